The van der Waals surface area contributed by atoms with Crippen molar-refractivity contribution in [1.82, 2.24) is 9.97 Å². The Balaban J connectivity index is 2.24. The van der Waals surface area contributed by atoms with Gasteiger partial charge in [0.15, 0.2) is 5.69 Å². The van der Waals surface area contributed by atoms with Crippen molar-refractivity contribution in [2.75, 3.05) is 23.7 Å². The second-order valence-corrected chi connectivity index (χ2v) is 4.95. The van der Waals surface area contributed by atoms with Crippen LogP contribution in [-0.4, -0.2) is 33.8 Å². The van der Waals surface area contributed by atoms with Gasteiger partial charge in [-0.2, -0.15) is 18.2 Å². The van der Waals surface area contributed by atoms with Gasteiger partial charge >= 0.3 is 6.18 Å². The Morgan fingerprint density at radius 2 is 1.89 bits per heavy atom. The fraction of sp³-hybridized carbons (Fsp3) is 0.636. The molecule has 3 N–H and O–H groups in total. The summed E-state index contributed by atoms with van der Waals surface area (Å²) in [6.45, 7) is 2.57. The predicted molar refractivity (Wildman–Crippen MR) is 63.5 cm³/mol. The summed E-state index contributed by atoms with van der Waals surface area (Å²) in [7, 11) is 0. The Labute approximate surface area is 108 Å². The Kier molecular flexibility index (Phi) is 3.29. The second kappa shape index (κ2) is 4.52. The van der Waals surface area contributed by atoms with E-state index in [0.29, 0.717) is 25.9 Å². The molecule has 2 rings (SSSR count). The van der Waals surface area contributed by atoms with Gasteiger partial charge in [0.25, 0.3) is 0 Å². The molecule has 0 radical (unpaired) electrons. The van der Waals surface area contributed by atoms with Crippen LogP contribution in [0.1, 0.15) is 25.5 Å². The molecule has 1 aliphatic heterocycles. The summed E-state index contributed by atoms with van der Waals surface area (Å²) in [6.07, 6.45) is -3.61. The molecule has 0 aromatic carbocycles. The van der Waals surface area contributed by atoms with E-state index in [0.717, 1.165) is 6.07 Å². The summed E-state index contributed by atoms with van der Waals surface area (Å²) in [5, 5.41) is 9.81. The van der Waals surface area contributed by atoms with Gasteiger partial charge in [0.2, 0.25) is 5.95 Å². The van der Waals surface area contributed by atoms with Gasteiger partial charge in [0, 0.05) is 19.2 Å². The van der Waals surface area contributed by atoms with Gasteiger partial charge < -0.3 is 15.7 Å². The summed E-state index contributed by atoms with van der Waals surface area (Å²) >= 11 is 0. The van der Waals surface area contributed by atoms with E-state index >= 15 is 0 Å². The summed E-state index contributed by atoms with van der Waals surface area (Å²) in [5.74, 6) is -0.252. The highest BCUT2D eigenvalue weighted by Gasteiger charge is 2.35. The van der Waals surface area contributed by atoms with E-state index in [9.17, 15) is 18.3 Å². The molecule has 8 heteroatoms. The number of hydrogen-bond donors (Lipinski definition) is 2. The molecule has 1 aromatic rings. The number of nitrogen functional groups attached to an aromatic ring is 1. The number of nitrogens with zero attached hydrogens (tertiary/aromatic N) is 3. The molecule has 19 heavy (non-hydrogen) atoms. The maximum Gasteiger partial charge on any atom is 0.433 e. The van der Waals surface area contributed by atoms with E-state index in [2.05, 4.69) is 9.97 Å². The number of aliphatic hydroxyl groups is 1. The molecule has 0 amide bonds. The number of anilines is 2. The molecular weight excluding hydrogens is 261 g/mol. The maximum atomic E-state index is 12.6. The highest BCUT2D eigenvalue weighted by atomic mass is 19.4. The highest BCUT2D eigenvalue weighted by Crippen LogP contribution is 2.31. The second-order valence-electron chi connectivity index (χ2n) is 4.95. The van der Waals surface area contributed by atoms with Crippen LogP contribution < -0.4 is 10.6 Å². The normalized spacial score (nSPS) is 19.5. The van der Waals surface area contributed by atoms with Gasteiger partial charge in [-0.15, -0.1) is 0 Å². The van der Waals surface area contributed by atoms with Crippen molar-refractivity contribution in [1.29, 1.82) is 0 Å². The number of alkyl halides is 3. The summed E-state index contributed by atoms with van der Waals surface area (Å²) in [4.78, 5) is 8.70. The molecule has 1 fully saturated rings. The first kappa shape index (κ1) is 13.9. The zero-order valence-electron chi connectivity index (χ0n) is 10.4. The van der Waals surface area contributed by atoms with Gasteiger partial charge in [-0.3, -0.25) is 0 Å². The minimum absolute atomic E-state index is 0.148. The van der Waals surface area contributed by atoms with Crippen LogP contribution in [0.4, 0.5) is 24.9 Å². The first-order chi connectivity index (χ1) is 8.67. The third kappa shape index (κ3) is 3.25. The molecule has 0 unspecified atom stereocenters. The molecule has 1 saturated heterocycles. The van der Waals surface area contributed by atoms with Crippen LogP contribution in [0.2, 0.25) is 0 Å². The standard InChI is InChI=1S/C11H15F3N4O/c1-10(19)2-4-18(5-3-10)8-6-7(11(12,13)14)16-9(15)17-8/h6,19H,2-5H2,1H3,(H2,15,16,17). The quantitative estimate of drug-likeness (QED) is 0.811. The lowest BCUT2D eigenvalue weighted by Gasteiger charge is -2.36. The Bertz CT molecular complexity index is 465. The van der Waals surface area contributed by atoms with Crippen molar-refractivity contribution in [2.45, 2.75) is 31.5 Å². The van der Waals surface area contributed by atoms with Crippen LogP contribution in [0, 0.1) is 0 Å². The predicted octanol–water partition coefficient (Wildman–Crippen LogP) is 1.43. The maximum absolute atomic E-state index is 12.6. The largest absolute Gasteiger partial charge is 0.433 e. The molecule has 1 aliphatic rings. The molecular formula is C11H15F3N4O. The van der Waals surface area contributed by atoms with E-state index in [1.807, 2.05) is 0 Å². The Hall–Kier alpha value is -1.57. The Morgan fingerprint density at radius 1 is 1.32 bits per heavy atom. The first-order valence-electron chi connectivity index (χ1n) is 5.86. The van der Waals surface area contributed by atoms with Crippen LogP contribution in [0.3, 0.4) is 0 Å². The van der Waals surface area contributed by atoms with E-state index in [-0.39, 0.29) is 5.82 Å². The molecule has 0 atom stereocenters. The number of rotatable bonds is 1. The molecule has 1 aromatic heterocycles. The summed E-state index contributed by atoms with van der Waals surface area (Å²) in [6, 6.07) is 0.885. The number of hydrogen-bond acceptors (Lipinski definition) is 5. The average molecular weight is 276 g/mol. The van der Waals surface area contributed by atoms with E-state index < -0.39 is 23.4 Å². The molecule has 0 bridgehead atoms. The summed E-state index contributed by atoms with van der Waals surface area (Å²) in [5.41, 5.74) is 3.49. The number of piperidine rings is 1. The SMILES string of the molecule is CC1(O)CCN(c2cc(C(F)(F)F)nc(N)n2)CC1. The Morgan fingerprint density at radius 3 is 2.42 bits per heavy atom. The third-order valence-corrected chi connectivity index (χ3v) is 3.18. The highest BCUT2D eigenvalue weighted by molar-refractivity contribution is 5.44. The summed E-state index contributed by atoms with van der Waals surface area (Å²) < 4.78 is 37.9. The van der Waals surface area contributed by atoms with E-state index in [1.54, 1.807) is 11.8 Å². The van der Waals surface area contributed by atoms with Gasteiger partial charge in [0.05, 0.1) is 5.60 Å². The van der Waals surface area contributed by atoms with Crippen molar-refractivity contribution in [3.05, 3.63) is 11.8 Å². The van der Waals surface area contributed by atoms with Crippen molar-refractivity contribution < 1.29 is 18.3 Å². The van der Waals surface area contributed by atoms with Crippen LogP contribution in [0.25, 0.3) is 0 Å². The van der Waals surface area contributed by atoms with Gasteiger partial charge in [-0.25, -0.2) is 4.98 Å². The molecule has 2 heterocycles. The van der Waals surface area contributed by atoms with Gasteiger partial charge in [-0.05, 0) is 19.8 Å². The van der Waals surface area contributed by atoms with Gasteiger partial charge in [0.1, 0.15) is 5.82 Å². The smallest absolute Gasteiger partial charge is 0.390 e. The monoisotopic (exact) mass is 276 g/mol. The molecule has 0 spiro atoms. The topological polar surface area (TPSA) is 75.3 Å². The number of aromatic nitrogens is 2. The molecule has 106 valence electrons. The molecule has 0 saturated carbocycles. The number of halogens is 3. The van der Waals surface area contributed by atoms with E-state index in [1.165, 1.54) is 0 Å². The fourth-order valence-corrected chi connectivity index (χ4v) is 1.98. The number of nitrogens with two attached hydrogens (primary N) is 1. The van der Waals surface area contributed by atoms with Gasteiger partial charge in [-0.1, -0.05) is 0 Å². The van der Waals surface area contributed by atoms with Crippen molar-refractivity contribution in [3.8, 4) is 0 Å². The zero-order valence-corrected chi connectivity index (χ0v) is 10.4. The molecule has 5 nitrogen and oxygen atoms in total. The van der Waals surface area contributed by atoms with Crippen LogP contribution in [0.15, 0.2) is 6.07 Å². The fourth-order valence-electron chi connectivity index (χ4n) is 1.98. The lowest BCUT2D eigenvalue weighted by atomic mass is 9.94. The van der Waals surface area contributed by atoms with E-state index in [4.69, 9.17) is 5.73 Å². The van der Waals surface area contributed by atoms with Crippen LogP contribution in [0.5, 0.6) is 0 Å². The molecule has 0 aliphatic carbocycles. The van der Waals surface area contributed by atoms with Crippen molar-refractivity contribution >= 4 is 11.8 Å². The van der Waals surface area contributed by atoms with Crippen molar-refractivity contribution in [2.24, 2.45) is 0 Å². The zero-order chi connectivity index (χ0) is 14.3. The average Bonchev–Trinajstić information content (AvgIpc) is 2.26. The van der Waals surface area contributed by atoms with Crippen molar-refractivity contribution in [3.63, 3.8) is 0 Å². The third-order valence-electron chi connectivity index (χ3n) is 3.18. The first-order valence-corrected chi connectivity index (χ1v) is 5.86. The lowest BCUT2D eigenvalue weighted by Crippen LogP contribution is -2.43. The van der Waals surface area contributed by atoms with Crippen LogP contribution >= 0.6 is 0 Å². The minimum Gasteiger partial charge on any atom is -0.390 e. The van der Waals surface area contributed by atoms with Crippen LogP contribution in [-0.2, 0) is 6.18 Å². The minimum atomic E-state index is -4.55. The lowest BCUT2D eigenvalue weighted by molar-refractivity contribution is -0.141.